The van der Waals surface area contributed by atoms with Crippen molar-refractivity contribution in [3.63, 3.8) is 0 Å². The minimum atomic E-state index is -0.121. The summed E-state index contributed by atoms with van der Waals surface area (Å²) in [6.45, 7) is 6.91. The molecule has 0 bridgehead atoms. The standard InChI is InChI=1S/C42H31N3O/c1-24-12-10-21-35-36(24)39-40(46-35)38(29-17-11-19-32-37(29)28-16-6-8-18-31(28)42(32,2)3)43-41(44-39)45-33-20-9-7-15-27(33)30-22-25-13-4-5-14-26(25)23-34(30)45/h4-11,13-24H,12H2,1-3H3. The van der Waals surface area contributed by atoms with Crippen LogP contribution in [-0.2, 0) is 5.41 Å². The van der Waals surface area contributed by atoms with Gasteiger partial charge in [0.15, 0.2) is 5.58 Å². The second-order valence-corrected chi connectivity index (χ2v) is 13.4. The van der Waals surface area contributed by atoms with Gasteiger partial charge in [0, 0.05) is 27.3 Å². The minimum Gasteiger partial charge on any atom is -0.452 e. The lowest BCUT2D eigenvalue weighted by molar-refractivity contribution is 0.586. The summed E-state index contributed by atoms with van der Waals surface area (Å²) in [6, 6.07) is 37.2. The number of benzene rings is 5. The molecule has 0 N–H and O–H groups in total. The van der Waals surface area contributed by atoms with Crippen molar-refractivity contribution in [2.75, 3.05) is 0 Å². The molecule has 0 spiro atoms. The Hall–Kier alpha value is -5.48. The smallest absolute Gasteiger partial charge is 0.236 e. The maximum Gasteiger partial charge on any atom is 0.236 e. The second-order valence-electron chi connectivity index (χ2n) is 13.4. The second kappa shape index (κ2) is 9.04. The summed E-state index contributed by atoms with van der Waals surface area (Å²) in [5.74, 6) is 1.85. The molecule has 0 saturated carbocycles. The summed E-state index contributed by atoms with van der Waals surface area (Å²) >= 11 is 0. The number of fused-ring (bicyclic) bond motifs is 10. The van der Waals surface area contributed by atoms with Crippen molar-refractivity contribution in [3.05, 3.63) is 132 Å². The van der Waals surface area contributed by atoms with Gasteiger partial charge in [-0.3, -0.25) is 4.57 Å². The number of para-hydroxylation sites is 1. The predicted molar refractivity (Wildman–Crippen MR) is 189 cm³/mol. The Kier molecular flexibility index (Phi) is 5.07. The van der Waals surface area contributed by atoms with E-state index in [1.54, 1.807) is 0 Å². The molecule has 10 rings (SSSR count). The SMILES string of the molecule is CC1CC=Cc2oc3c(-c4cccc5c4-c4ccccc4C5(C)C)nc(-n4c5ccccc5c5cc6ccccc6cc54)nc3c21. The van der Waals surface area contributed by atoms with E-state index in [0.717, 1.165) is 45.6 Å². The maximum absolute atomic E-state index is 6.73. The highest BCUT2D eigenvalue weighted by atomic mass is 16.3. The van der Waals surface area contributed by atoms with Gasteiger partial charge in [0.2, 0.25) is 5.95 Å². The predicted octanol–water partition coefficient (Wildman–Crippen LogP) is 11.0. The Bertz CT molecular complexity index is 2610. The van der Waals surface area contributed by atoms with E-state index in [-0.39, 0.29) is 5.41 Å². The molecule has 0 radical (unpaired) electrons. The van der Waals surface area contributed by atoms with E-state index in [2.05, 4.69) is 141 Å². The molecule has 220 valence electrons. The highest BCUT2D eigenvalue weighted by molar-refractivity contribution is 6.13. The summed E-state index contributed by atoms with van der Waals surface area (Å²) in [5.41, 5.74) is 12.0. The number of allylic oxidation sites excluding steroid dienone is 1. The Morgan fingerprint density at radius 2 is 1.48 bits per heavy atom. The lowest BCUT2D eigenvalue weighted by Gasteiger charge is -2.21. The van der Waals surface area contributed by atoms with Crippen molar-refractivity contribution < 1.29 is 4.42 Å². The zero-order chi connectivity index (χ0) is 30.7. The van der Waals surface area contributed by atoms with Crippen LogP contribution in [0.25, 0.3) is 78.1 Å². The van der Waals surface area contributed by atoms with Gasteiger partial charge in [-0.05, 0) is 69.6 Å². The lowest BCUT2D eigenvalue weighted by Crippen LogP contribution is -2.14. The molecule has 1 atom stereocenters. The number of hydrogen-bond donors (Lipinski definition) is 0. The largest absolute Gasteiger partial charge is 0.452 e. The maximum atomic E-state index is 6.73. The van der Waals surface area contributed by atoms with Gasteiger partial charge in [-0.2, -0.15) is 0 Å². The first kappa shape index (κ1) is 25.8. The van der Waals surface area contributed by atoms with Gasteiger partial charge in [0.05, 0.1) is 11.0 Å². The zero-order valence-corrected chi connectivity index (χ0v) is 26.0. The number of furan rings is 1. The van der Waals surface area contributed by atoms with E-state index >= 15 is 0 Å². The number of rotatable bonds is 2. The molecule has 0 fully saturated rings. The molecule has 0 saturated heterocycles. The van der Waals surface area contributed by atoms with Crippen LogP contribution in [0.1, 0.15) is 55.6 Å². The van der Waals surface area contributed by atoms with E-state index in [1.165, 1.54) is 49.4 Å². The van der Waals surface area contributed by atoms with Crippen molar-refractivity contribution in [2.24, 2.45) is 0 Å². The molecule has 3 aromatic heterocycles. The zero-order valence-electron chi connectivity index (χ0n) is 26.0. The molecule has 3 heterocycles. The van der Waals surface area contributed by atoms with Gasteiger partial charge in [0.1, 0.15) is 17.0 Å². The van der Waals surface area contributed by atoms with Gasteiger partial charge in [-0.25, -0.2) is 9.97 Å². The molecule has 4 heteroatoms. The van der Waals surface area contributed by atoms with Crippen molar-refractivity contribution >= 4 is 49.8 Å². The Balaban J connectivity index is 1.36. The molecular weight excluding hydrogens is 562 g/mol. The highest BCUT2D eigenvalue weighted by Crippen LogP contribution is 2.53. The fourth-order valence-corrected chi connectivity index (χ4v) is 8.20. The molecular formula is C42H31N3O. The number of nitrogens with zero attached hydrogens (tertiary/aromatic N) is 3. The van der Waals surface area contributed by atoms with E-state index < -0.39 is 0 Å². The Morgan fingerprint density at radius 3 is 2.37 bits per heavy atom. The van der Waals surface area contributed by atoms with Crippen LogP contribution in [0.4, 0.5) is 0 Å². The van der Waals surface area contributed by atoms with Crippen LogP contribution < -0.4 is 0 Å². The molecule has 46 heavy (non-hydrogen) atoms. The van der Waals surface area contributed by atoms with Crippen LogP contribution in [0.2, 0.25) is 0 Å². The summed E-state index contributed by atoms with van der Waals surface area (Å²) in [5, 5.41) is 4.80. The van der Waals surface area contributed by atoms with Crippen molar-refractivity contribution in [2.45, 2.75) is 38.5 Å². The van der Waals surface area contributed by atoms with E-state index in [9.17, 15) is 0 Å². The lowest BCUT2D eigenvalue weighted by atomic mass is 9.82. The van der Waals surface area contributed by atoms with E-state index in [0.29, 0.717) is 11.9 Å². The van der Waals surface area contributed by atoms with Gasteiger partial charge >= 0.3 is 0 Å². The average Bonchev–Trinajstić information content (AvgIpc) is 3.70. The Morgan fingerprint density at radius 1 is 0.739 bits per heavy atom. The molecule has 8 aromatic rings. The molecule has 2 aliphatic carbocycles. The van der Waals surface area contributed by atoms with E-state index in [1.807, 2.05) is 0 Å². The third-order valence-electron chi connectivity index (χ3n) is 10.4. The summed E-state index contributed by atoms with van der Waals surface area (Å²) in [4.78, 5) is 10.9. The van der Waals surface area contributed by atoms with Crippen LogP contribution in [-0.4, -0.2) is 14.5 Å². The molecule has 5 aromatic carbocycles. The van der Waals surface area contributed by atoms with Gasteiger partial charge in [0.25, 0.3) is 0 Å². The monoisotopic (exact) mass is 593 g/mol. The van der Waals surface area contributed by atoms with Crippen molar-refractivity contribution in [1.29, 1.82) is 0 Å². The van der Waals surface area contributed by atoms with Crippen LogP contribution >= 0.6 is 0 Å². The normalized spacial score (nSPS) is 16.4. The summed E-state index contributed by atoms with van der Waals surface area (Å²) < 4.78 is 8.98. The minimum absolute atomic E-state index is 0.121. The van der Waals surface area contributed by atoms with E-state index in [4.69, 9.17) is 14.4 Å². The fourth-order valence-electron chi connectivity index (χ4n) is 8.20. The molecule has 1 unspecified atom stereocenters. The number of hydrogen-bond acceptors (Lipinski definition) is 3. The third-order valence-corrected chi connectivity index (χ3v) is 10.4. The van der Waals surface area contributed by atoms with Crippen LogP contribution in [0, 0.1) is 0 Å². The van der Waals surface area contributed by atoms with Gasteiger partial charge in [-0.1, -0.05) is 112 Å². The van der Waals surface area contributed by atoms with Crippen molar-refractivity contribution in [3.8, 4) is 28.3 Å². The summed E-state index contributed by atoms with van der Waals surface area (Å²) in [7, 11) is 0. The van der Waals surface area contributed by atoms with Gasteiger partial charge in [-0.15, -0.1) is 0 Å². The number of aromatic nitrogens is 3. The quantitative estimate of drug-likeness (QED) is 0.200. The van der Waals surface area contributed by atoms with Gasteiger partial charge < -0.3 is 4.42 Å². The molecule has 0 amide bonds. The average molecular weight is 594 g/mol. The first-order valence-corrected chi connectivity index (χ1v) is 16.2. The first-order valence-electron chi connectivity index (χ1n) is 16.2. The van der Waals surface area contributed by atoms with Crippen molar-refractivity contribution in [1.82, 2.24) is 14.5 Å². The first-order chi connectivity index (χ1) is 22.5. The molecule has 4 nitrogen and oxygen atoms in total. The fraction of sp³-hybridized carbons (Fsp3) is 0.143. The topological polar surface area (TPSA) is 43.9 Å². The highest BCUT2D eigenvalue weighted by Gasteiger charge is 2.38. The van der Waals surface area contributed by atoms with Crippen LogP contribution in [0.3, 0.4) is 0 Å². The van der Waals surface area contributed by atoms with Crippen LogP contribution in [0.15, 0.2) is 114 Å². The molecule has 2 aliphatic rings. The molecule has 0 aliphatic heterocycles. The summed E-state index contributed by atoms with van der Waals surface area (Å²) in [6.07, 6.45) is 5.28. The van der Waals surface area contributed by atoms with Crippen LogP contribution in [0.5, 0.6) is 0 Å². The Labute approximate surface area is 266 Å². The third kappa shape index (κ3) is 3.33.